The van der Waals surface area contributed by atoms with Crippen LogP contribution in [0.4, 0.5) is 0 Å². The minimum absolute atomic E-state index is 1.02. The summed E-state index contributed by atoms with van der Waals surface area (Å²) < 4.78 is 0. The monoisotopic (exact) mass is 360 g/mol. The third-order valence-electron chi connectivity index (χ3n) is 3.27. The molecule has 4 heterocycles. The molecule has 0 bridgehead atoms. The summed E-state index contributed by atoms with van der Waals surface area (Å²) in [5.74, 6) is 0. The van der Waals surface area contributed by atoms with Crippen molar-refractivity contribution in [3.05, 3.63) is 46.4 Å². The molecule has 22 heavy (non-hydrogen) atoms. The van der Waals surface area contributed by atoms with Crippen molar-refractivity contribution in [2.75, 3.05) is 0 Å². The average Bonchev–Trinajstić information content (AvgIpc) is 3.25. The molecular formula is C16H12N2S4. The molecule has 110 valence electrons. The van der Waals surface area contributed by atoms with Crippen molar-refractivity contribution in [1.82, 2.24) is 9.97 Å². The first-order valence-electron chi connectivity index (χ1n) is 6.75. The Morgan fingerprint density at radius 3 is 1.55 bits per heavy atom. The second-order valence-corrected chi connectivity index (χ2v) is 8.72. The number of hydrogen-bond acceptors (Lipinski definition) is 6. The van der Waals surface area contributed by atoms with Gasteiger partial charge in [-0.3, -0.25) is 0 Å². The number of thiazole rings is 2. The van der Waals surface area contributed by atoms with Gasteiger partial charge >= 0.3 is 0 Å². The van der Waals surface area contributed by atoms with Gasteiger partial charge in [0.1, 0.15) is 0 Å². The van der Waals surface area contributed by atoms with Gasteiger partial charge in [-0.2, -0.15) is 0 Å². The van der Waals surface area contributed by atoms with Crippen molar-refractivity contribution in [2.24, 2.45) is 0 Å². The maximum absolute atomic E-state index is 4.75. The first-order valence-corrected chi connectivity index (χ1v) is 10.1. The van der Waals surface area contributed by atoms with Crippen LogP contribution in [-0.2, 0) is 0 Å². The van der Waals surface area contributed by atoms with Crippen LogP contribution < -0.4 is 0 Å². The molecule has 6 heteroatoms. The van der Waals surface area contributed by atoms with Crippen LogP contribution in [0.15, 0.2) is 35.0 Å². The van der Waals surface area contributed by atoms with Gasteiger partial charge in [0, 0.05) is 9.75 Å². The molecule has 0 spiro atoms. The highest BCUT2D eigenvalue weighted by Crippen LogP contribution is 2.41. The lowest BCUT2D eigenvalue weighted by Crippen LogP contribution is -1.77. The van der Waals surface area contributed by atoms with Crippen molar-refractivity contribution < 1.29 is 0 Å². The minimum Gasteiger partial charge on any atom is -0.238 e. The second kappa shape index (κ2) is 5.70. The molecule has 0 amide bonds. The van der Waals surface area contributed by atoms with Crippen LogP contribution in [0.1, 0.15) is 11.4 Å². The van der Waals surface area contributed by atoms with Crippen molar-refractivity contribution >= 4 is 45.3 Å². The molecule has 4 aromatic heterocycles. The lowest BCUT2D eigenvalue weighted by Gasteiger charge is -1.90. The van der Waals surface area contributed by atoms with E-state index < -0.39 is 0 Å². The largest absolute Gasteiger partial charge is 0.238 e. The molecule has 0 aliphatic rings. The molecule has 0 radical (unpaired) electrons. The molecule has 0 fully saturated rings. The Morgan fingerprint density at radius 2 is 1.18 bits per heavy atom. The van der Waals surface area contributed by atoms with Crippen LogP contribution in [0.5, 0.6) is 0 Å². The summed E-state index contributed by atoms with van der Waals surface area (Å²) >= 11 is 7.00. The third-order valence-corrected chi connectivity index (χ3v) is 7.82. The highest BCUT2D eigenvalue weighted by Gasteiger charge is 2.17. The van der Waals surface area contributed by atoms with Gasteiger partial charge in [-0.25, -0.2) is 9.97 Å². The first-order chi connectivity index (χ1) is 10.7. The number of thiophene rings is 2. The van der Waals surface area contributed by atoms with Crippen LogP contribution in [-0.4, -0.2) is 9.97 Å². The molecule has 0 atom stereocenters. The Kier molecular flexibility index (Phi) is 3.69. The van der Waals surface area contributed by atoms with E-state index in [0.717, 1.165) is 21.4 Å². The van der Waals surface area contributed by atoms with Crippen molar-refractivity contribution in [1.29, 1.82) is 0 Å². The maximum Gasteiger partial charge on any atom is 0.153 e. The standard InChI is InChI=1S/C16H12N2S4/c1-9-13(11-5-3-7-19-11)21-15(17-9)16-18-10(2)14(22-16)12-6-4-8-20-12/h3-8H,1-2H3. The minimum atomic E-state index is 1.02. The van der Waals surface area contributed by atoms with Gasteiger partial charge in [-0.15, -0.1) is 45.3 Å². The van der Waals surface area contributed by atoms with E-state index >= 15 is 0 Å². The molecule has 0 aliphatic carbocycles. The maximum atomic E-state index is 4.75. The van der Waals surface area contributed by atoms with E-state index in [-0.39, 0.29) is 0 Å². The van der Waals surface area contributed by atoms with Gasteiger partial charge in [0.2, 0.25) is 0 Å². The molecule has 0 N–H and O–H groups in total. The lowest BCUT2D eigenvalue weighted by molar-refractivity contribution is 1.23. The van der Waals surface area contributed by atoms with Crippen LogP contribution in [0.3, 0.4) is 0 Å². The third kappa shape index (κ3) is 2.46. The Labute approximate surface area is 144 Å². The van der Waals surface area contributed by atoms with Crippen molar-refractivity contribution in [3.63, 3.8) is 0 Å². The molecule has 2 nitrogen and oxygen atoms in total. The van der Waals surface area contributed by atoms with E-state index in [0.29, 0.717) is 0 Å². The number of rotatable bonds is 3. The zero-order valence-corrected chi connectivity index (χ0v) is 15.3. The van der Waals surface area contributed by atoms with E-state index in [9.17, 15) is 0 Å². The molecular weight excluding hydrogens is 348 g/mol. The predicted molar refractivity (Wildman–Crippen MR) is 99.3 cm³/mol. The number of hydrogen-bond donors (Lipinski definition) is 0. The Morgan fingerprint density at radius 1 is 0.727 bits per heavy atom. The van der Waals surface area contributed by atoms with Crippen LogP contribution in [0.25, 0.3) is 29.5 Å². The fourth-order valence-electron chi connectivity index (χ4n) is 2.25. The zero-order valence-electron chi connectivity index (χ0n) is 12.0. The Bertz CT molecular complexity index is 822. The molecule has 0 unspecified atom stereocenters. The summed E-state index contributed by atoms with van der Waals surface area (Å²) in [6.07, 6.45) is 0. The summed E-state index contributed by atoms with van der Waals surface area (Å²) in [5.41, 5.74) is 2.18. The van der Waals surface area contributed by atoms with Crippen molar-refractivity contribution in [3.8, 4) is 29.5 Å². The molecule has 0 saturated heterocycles. The van der Waals surface area contributed by atoms with Gasteiger partial charge in [-0.1, -0.05) is 12.1 Å². The normalized spacial score (nSPS) is 11.2. The fourth-order valence-corrected chi connectivity index (χ4v) is 6.21. The highest BCUT2D eigenvalue weighted by molar-refractivity contribution is 7.27. The summed E-state index contributed by atoms with van der Waals surface area (Å²) in [5, 5.41) is 6.27. The summed E-state index contributed by atoms with van der Waals surface area (Å²) in [6.45, 7) is 4.16. The molecule has 0 aromatic carbocycles. The quantitative estimate of drug-likeness (QED) is 0.426. The van der Waals surface area contributed by atoms with Gasteiger partial charge in [-0.05, 0) is 36.7 Å². The van der Waals surface area contributed by atoms with E-state index in [4.69, 9.17) is 9.97 Å². The van der Waals surface area contributed by atoms with Crippen LogP contribution >= 0.6 is 45.3 Å². The molecule has 4 aromatic rings. The fraction of sp³-hybridized carbons (Fsp3) is 0.125. The van der Waals surface area contributed by atoms with Gasteiger partial charge in [0.05, 0.1) is 21.1 Å². The van der Waals surface area contributed by atoms with E-state index in [1.807, 2.05) is 0 Å². The van der Waals surface area contributed by atoms with Gasteiger partial charge < -0.3 is 0 Å². The number of aromatic nitrogens is 2. The predicted octanol–water partition coefficient (Wildman–Crippen LogP) is 6.34. The summed E-state index contributed by atoms with van der Waals surface area (Å²) in [7, 11) is 0. The van der Waals surface area contributed by atoms with Crippen molar-refractivity contribution in [2.45, 2.75) is 13.8 Å². The summed E-state index contributed by atoms with van der Waals surface area (Å²) in [4.78, 5) is 14.6. The molecule has 4 rings (SSSR count). The Hall–Kier alpha value is -1.34. The number of nitrogens with zero attached hydrogens (tertiary/aromatic N) is 2. The van der Waals surface area contributed by atoms with E-state index in [2.05, 4.69) is 48.9 Å². The first kappa shape index (κ1) is 14.3. The van der Waals surface area contributed by atoms with Crippen LogP contribution in [0.2, 0.25) is 0 Å². The zero-order chi connectivity index (χ0) is 15.1. The smallest absolute Gasteiger partial charge is 0.153 e. The topological polar surface area (TPSA) is 25.8 Å². The SMILES string of the molecule is Cc1nc(-c2nc(C)c(-c3cccs3)s2)sc1-c1cccs1. The Balaban J connectivity index is 1.77. The average molecular weight is 361 g/mol. The molecule has 0 saturated carbocycles. The van der Waals surface area contributed by atoms with Crippen LogP contribution in [0, 0.1) is 13.8 Å². The summed E-state index contributed by atoms with van der Waals surface area (Å²) in [6, 6.07) is 8.47. The van der Waals surface area contributed by atoms with E-state index in [1.54, 1.807) is 45.3 Å². The second-order valence-electron chi connectivity index (χ2n) is 4.82. The number of aryl methyl sites for hydroxylation is 2. The van der Waals surface area contributed by atoms with Gasteiger partial charge in [0.25, 0.3) is 0 Å². The highest BCUT2D eigenvalue weighted by atomic mass is 32.1. The van der Waals surface area contributed by atoms with Gasteiger partial charge in [0.15, 0.2) is 10.0 Å². The van der Waals surface area contributed by atoms with E-state index in [1.165, 1.54) is 19.5 Å². The molecule has 0 aliphatic heterocycles. The lowest BCUT2D eigenvalue weighted by atomic mass is 10.3.